The highest BCUT2D eigenvalue weighted by Gasteiger charge is 2.15. The molecular weight excluding hydrogens is 434 g/mol. The molecule has 1 amide bonds. The van der Waals surface area contributed by atoms with Crippen LogP contribution in [0.15, 0.2) is 88.1 Å². The SMILES string of the molecule is Cc1cccc(OCC(=O)Oc2ccc3cc(C(=O)NCCc4ccccc4)c(=O)oc3c2)c1. The predicted octanol–water partition coefficient (Wildman–Crippen LogP) is 4.06. The van der Waals surface area contributed by atoms with Crippen LogP contribution in [-0.4, -0.2) is 25.0 Å². The number of amides is 1. The maximum atomic E-state index is 12.5. The highest BCUT2D eigenvalue weighted by molar-refractivity contribution is 5.96. The van der Waals surface area contributed by atoms with Gasteiger partial charge >= 0.3 is 11.6 Å². The van der Waals surface area contributed by atoms with Crippen LogP contribution in [-0.2, 0) is 11.2 Å². The van der Waals surface area contributed by atoms with Gasteiger partial charge < -0.3 is 19.2 Å². The molecular formula is C27H23NO6. The van der Waals surface area contributed by atoms with Crippen molar-refractivity contribution in [3.8, 4) is 11.5 Å². The number of fused-ring (bicyclic) bond motifs is 1. The van der Waals surface area contributed by atoms with Crippen molar-refractivity contribution in [3.63, 3.8) is 0 Å². The predicted molar refractivity (Wildman–Crippen MR) is 127 cm³/mol. The number of ether oxygens (including phenoxy) is 2. The lowest BCUT2D eigenvalue weighted by Crippen LogP contribution is -2.29. The van der Waals surface area contributed by atoms with Gasteiger partial charge in [0, 0.05) is 18.0 Å². The summed E-state index contributed by atoms with van der Waals surface area (Å²) < 4.78 is 16.0. The lowest BCUT2D eigenvalue weighted by Gasteiger charge is -2.08. The van der Waals surface area contributed by atoms with Crippen molar-refractivity contribution in [3.05, 3.63) is 106 Å². The van der Waals surface area contributed by atoms with E-state index < -0.39 is 17.5 Å². The number of hydrogen-bond donors (Lipinski definition) is 1. The first kappa shape index (κ1) is 22.8. The quantitative estimate of drug-likeness (QED) is 0.244. The van der Waals surface area contributed by atoms with Crippen LogP contribution in [0.5, 0.6) is 11.5 Å². The molecule has 7 nitrogen and oxygen atoms in total. The zero-order valence-corrected chi connectivity index (χ0v) is 18.6. The maximum Gasteiger partial charge on any atom is 0.349 e. The molecule has 0 aliphatic heterocycles. The number of carbonyl (C=O) groups excluding carboxylic acids is 2. The first-order valence-corrected chi connectivity index (χ1v) is 10.8. The molecule has 0 fully saturated rings. The summed E-state index contributed by atoms with van der Waals surface area (Å²) in [5, 5.41) is 3.27. The molecule has 0 aliphatic rings. The second-order valence-corrected chi connectivity index (χ2v) is 7.72. The molecule has 3 aromatic carbocycles. The highest BCUT2D eigenvalue weighted by atomic mass is 16.6. The van der Waals surface area contributed by atoms with Gasteiger partial charge in [-0.3, -0.25) is 4.79 Å². The van der Waals surface area contributed by atoms with Crippen molar-refractivity contribution < 1.29 is 23.5 Å². The van der Waals surface area contributed by atoms with Crippen LogP contribution in [0.2, 0.25) is 0 Å². The molecule has 4 rings (SSSR count). The second-order valence-electron chi connectivity index (χ2n) is 7.72. The minimum absolute atomic E-state index is 0.0862. The molecule has 1 N–H and O–H groups in total. The van der Waals surface area contributed by atoms with Crippen LogP contribution in [0, 0.1) is 6.92 Å². The van der Waals surface area contributed by atoms with Crippen molar-refractivity contribution in [2.45, 2.75) is 13.3 Å². The normalized spacial score (nSPS) is 10.6. The van der Waals surface area contributed by atoms with Gasteiger partial charge in [0.25, 0.3) is 5.91 Å². The molecule has 0 aliphatic carbocycles. The summed E-state index contributed by atoms with van der Waals surface area (Å²) in [6.07, 6.45) is 0.647. The van der Waals surface area contributed by atoms with Crippen LogP contribution in [0.3, 0.4) is 0 Å². The Morgan fingerprint density at radius 1 is 0.912 bits per heavy atom. The van der Waals surface area contributed by atoms with E-state index >= 15 is 0 Å². The number of carbonyl (C=O) groups is 2. The van der Waals surface area contributed by atoms with Gasteiger partial charge in [0.1, 0.15) is 22.6 Å². The summed E-state index contributed by atoms with van der Waals surface area (Å²) in [5.41, 5.74) is 1.45. The summed E-state index contributed by atoms with van der Waals surface area (Å²) >= 11 is 0. The number of aryl methyl sites for hydroxylation is 1. The van der Waals surface area contributed by atoms with Gasteiger partial charge in [0.2, 0.25) is 0 Å². The third-order valence-electron chi connectivity index (χ3n) is 5.07. The van der Waals surface area contributed by atoms with E-state index in [4.69, 9.17) is 13.9 Å². The van der Waals surface area contributed by atoms with Gasteiger partial charge in [-0.05, 0) is 54.8 Å². The van der Waals surface area contributed by atoms with Crippen molar-refractivity contribution in [2.75, 3.05) is 13.2 Å². The monoisotopic (exact) mass is 457 g/mol. The molecule has 7 heteroatoms. The molecule has 34 heavy (non-hydrogen) atoms. The zero-order chi connectivity index (χ0) is 23.9. The lowest BCUT2D eigenvalue weighted by atomic mass is 10.1. The van der Waals surface area contributed by atoms with Gasteiger partial charge in [0.15, 0.2) is 6.61 Å². The topological polar surface area (TPSA) is 94.8 Å². The van der Waals surface area contributed by atoms with Gasteiger partial charge in [0.05, 0.1) is 0 Å². The molecule has 172 valence electrons. The molecule has 1 aromatic heterocycles. The van der Waals surface area contributed by atoms with E-state index in [1.807, 2.05) is 55.5 Å². The fraction of sp³-hybridized carbons (Fsp3) is 0.148. The molecule has 0 saturated carbocycles. The van der Waals surface area contributed by atoms with E-state index in [2.05, 4.69) is 5.32 Å². The molecule has 0 radical (unpaired) electrons. The molecule has 0 bridgehead atoms. The van der Waals surface area contributed by atoms with Crippen LogP contribution >= 0.6 is 0 Å². The van der Waals surface area contributed by atoms with E-state index in [0.29, 0.717) is 24.1 Å². The van der Waals surface area contributed by atoms with Gasteiger partial charge in [-0.25, -0.2) is 9.59 Å². The standard InChI is InChI=1S/C27H23NO6/c1-18-6-5-9-21(14-18)32-17-25(29)33-22-11-10-20-15-23(27(31)34-24(20)16-22)26(30)28-13-12-19-7-3-2-4-8-19/h2-11,14-16H,12-13,17H2,1H3,(H,28,30). The summed E-state index contributed by atoms with van der Waals surface area (Å²) in [5.74, 6) is -0.336. The van der Waals surface area contributed by atoms with Crippen molar-refractivity contribution in [1.29, 1.82) is 0 Å². The molecule has 1 heterocycles. The Bertz CT molecular complexity index is 1380. The third kappa shape index (κ3) is 5.89. The Labute approximate surface area is 195 Å². The highest BCUT2D eigenvalue weighted by Crippen LogP contribution is 2.21. The summed E-state index contributed by atoms with van der Waals surface area (Å²) in [7, 11) is 0. The van der Waals surface area contributed by atoms with E-state index in [1.165, 1.54) is 12.1 Å². The Hall–Kier alpha value is -4.39. The van der Waals surface area contributed by atoms with Gasteiger partial charge in [-0.15, -0.1) is 0 Å². The Kier molecular flexibility index (Phi) is 7.03. The van der Waals surface area contributed by atoms with E-state index in [0.717, 1.165) is 11.1 Å². The van der Waals surface area contributed by atoms with Crippen LogP contribution < -0.4 is 20.4 Å². The van der Waals surface area contributed by atoms with Gasteiger partial charge in [-0.2, -0.15) is 0 Å². The molecule has 0 atom stereocenters. The van der Waals surface area contributed by atoms with Crippen LogP contribution in [0.1, 0.15) is 21.5 Å². The minimum atomic E-state index is -0.768. The van der Waals surface area contributed by atoms with Crippen molar-refractivity contribution >= 4 is 22.8 Å². The summed E-state index contributed by atoms with van der Waals surface area (Å²) in [6, 6.07) is 23.1. The Balaban J connectivity index is 1.38. The Morgan fingerprint density at radius 2 is 1.74 bits per heavy atom. The smallest absolute Gasteiger partial charge is 0.349 e. The number of benzene rings is 3. The van der Waals surface area contributed by atoms with E-state index in [9.17, 15) is 14.4 Å². The molecule has 0 unspecified atom stereocenters. The molecule has 4 aromatic rings. The first-order chi connectivity index (χ1) is 16.5. The average molecular weight is 457 g/mol. The Morgan fingerprint density at radius 3 is 2.53 bits per heavy atom. The van der Waals surface area contributed by atoms with Gasteiger partial charge in [-0.1, -0.05) is 42.5 Å². The fourth-order valence-corrected chi connectivity index (χ4v) is 3.38. The second kappa shape index (κ2) is 10.5. The zero-order valence-electron chi connectivity index (χ0n) is 18.6. The molecule has 0 spiro atoms. The summed E-state index contributed by atoms with van der Waals surface area (Å²) in [6.45, 7) is 2.04. The number of nitrogens with one attached hydrogen (secondary N) is 1. The van der Waals surface area contributed by atoms with Crippen LogP contribution in [0.25, 0.3) is 11.0 Å². The van der Waals surface area contributed by atoms with Crippen molar-refractivity contribution in [1.82, 2.24) is 5.32 Å². The maximum absolute atomic E-state index is 12.5. The largest absolute Gasteiger partial charge is 0.482 e. The van der Waals surface area contributed by atoms with E-state index in [-0.39, 0.29) is 23.5 Å². The minimum Gasteiger partial charge on any atom is -0.482 e. The first-order valence-electron chi connectivity index (χ1n) is 10.8. The van der Waals surface area contributed by atoms with Crippen molar-refractivity contribution in [2.24, 2.45) is 0 Å². The molecule has 0 saturated heterocycles. The number of hydrogen-bond acceptors (Lipinski definition) is 6. The van der Waals surface area contributed by atoms with E-state index in [1.54, 1.807) is 18.2 Å². The number of rotatable bonds is 8. The lowest BCUT2D eigenvalue weighted by molar-refractivity contribution is -0.136. The fourth-order valence-electron chi connectivity index (χ4n) is 3.38. The third-order valence-corrected chi connectivity index (χ3v) is 5.07. The number of esters is 1. The summed E-state index contributed by atoms with van der Waals surface area (Å²) in [4.78, 5) is 37.0. The average Bonchev–Trinajstić information content (AvgIpc) is 2.83. The van der Waals surface area contributed by atoms with Crippen LogP contribution in [0.4, 0.5) is 0 Å².